The van der Waals surface area contributed by atoms with Crippen molar-refractivity contribution in [3.8, 4) is 89.0 Å². The first kappa shape index (κ1) is 41.7. The van der Waals surface area contributed by atoms with Crippen molar-refractivity contribution in [3.63, 3.8) is 0 Å². The molecular formula is C94H64O2. The molecule has 0 saturated carbocycles. The number of hydrogen-bond acceptors (Lipinski definition) is 2. The third kappa shape index (κ3) is 8.38. The number of para-hydroxylation sites is 2. The molecule has 2 aliphatic rings. The predicted octanol–water partition coefficient (Wildman–Crippen LogP) is 26.4. The quantitative estimate of drug-likeness (QED) is 0.155. The summed E-state index contributed by atoms with van der Waals surface area (Å²) in [6, 6.07) is 65.5. The SMILES string of the molecule is [2H]c1c([2H])c([2H])c2c(-c3ccc4oc5ccccc5c4c3)c3c([2H])c([2H])c([2H])c([2H])c3c(-c3ccc(-c4cccc5c4C(C)(C)c4ccccc4-5)cc3)c2c1[2H].[2H]c1c([2H])c([2H])c2c(-c3ccc4oc5ccccc5c4c3)c3c([2H])c([2H])c([2H])c([2H])c3c(-c3cccc(-c4cccc5c4C(C)(C)c4ccccc4-5)c3)c2c1[2H]. The van der Waals surface area contributed by atoms with Crippen LogP contribution in [0.2, 0.25) is 0 Å². The largest absolute Gasteiger partial charge is 0.456 e. The van der Waals surface area contributed by atoms with E-state index in [1.54, 1.807) is 24.3 Å². The minimum Gasteiger partial charge on any atom is -0.456 e. The molecule has 0 amide bonds. The molecule has 0 atom stereocenters. The Labute approximate surface area is 580 Å². The highest BCUT2D eigenvalue weighted by Crippen LogP contribution is 2.55. The molecule has 2 aliphatic carbocycles. The Balaban J connectivity index is 0.000000151. The van der Waals surface area contributed by atoms with E-state index < -0.39 is 48.3 Å². The summed E-state index contributed by atoms with van der Waals surface area (Å²) >= 11 is 0. The highest BCUT2D eigenvalue weighted by Gasteiger charge is 2.39. The van der Waals surface area contributed by atoms with E-state index in [1.807, 2.05) is 115 Å². The second-order valence-corrected chi connectivity index (χ2v) is 26.1. The molecule has 96 heavy (non-hydrogen) atoms. The van der Waals surface area contributed by atoms with Gasteiger partial charge in [-0.1, -0.05) is 300 Å². The second-order valence-electron chi connectivity index (χ2n) is 26.1. The van der Waals surface area contributed by atoms with Crippen LogP contribution in [-0.4, -0.2) is 0 Å². The molecule has 18 aromatic rings. The Bertz CT molecular complexity index is 7110. The molecule has 0 spiro atoms. The van der Waals surface area contributed by atoms with Gasteiger partial charge in [0.1, 0.15) is 22.3 Å². The van der Waals surface area contributed by atoms with Gasteiger partial charge in [0.15, 0.2) is 0 Å². The summed E-state index contributed by atoms with van der Waals surface area (Å²) in [7, 11) is 0. The van der Waals surface area contributed by atoms with Gasteiger partial charge in [-0.25, -0.2) is 0 Å². The van der Waals surface area contributed by atoms with Crippen LogP contribution in [0.3, 0.4) is 0 Å². The second kappa shape index (κ2) is 21.3. The molecule has 2 heteroatoms. The van der Waals surface area contributed by atoms with Gasteiger partial charge in [0.2, 0.25) is 0 Å². The average molecular weight is 1240 g/mol. The fourth-order valence-corrected chi connectivity index (χ4v) is 16.0. The standard InChI is InChI=1S/2C47H32O/c1-47(2)41-23-9-7-15-33(41)39-22-12-21-32(46(39)47)29-13-11-14-30(27-29)44-35-17-3-5-19-37(35)45(38-20-6-4-18-36(38)44)31-25-26-43-40(28-31)34-16-8-10-24-42(34)48-43;1-47(2)41-20-9-7-12-33(41)39-19-11-18-32(46(39)47)29-22-24-30(25-23-29)44-35-14-3-5-16-37(35)45(38-17-6-4-15-36(38)44)31-26-27-43-40(28-31)34-13-8-10-21-42(34)48-43/h2*3-28H,1-2H3/i3D,4D,5D,6D,17D,18D,19D,20D;3D,4D,5D,6D,14D,15D,16D,17D. The Kier molecular flexibility index (Phi) is 9.27. The van der Waals surface area contributed by atoms with Crippen molar-refractivity contribution in [1.29, 1.82) is 0 Å². The molecule has 20 rings (SSSR count). The smallest absolute Gasteiger partial charge is 0.135 e. The van der Waals surface area contributed by atoms with Crippen LogP contribution in [0.15, 0.2) is 324 Å². The monoisotopic (exact) mass is 1240 g/mol. The van der Waals surface area contributed by atoms with Gasteiger partial charge in [-0.05, 0) is 197 Å². The Morgan fingerprint density at radius 1 is 0.229 bits per heavy atom. The first-order chi connectivity index (χ1) is 53.8. The zero-order chi connectivity index (χ0) is 77.9. The van der Waals surface area contributed by atoms with Crippen LogP contribution in [0.5, 0.6) is 0 Å². The minimum atomic E-state index is -0.430. The molecule has 0 unspecified atom stereocenters. The van der Waals surface area contributed by atoms with E-state index in [9.17, 15) is 11.0 Å². The topological polar surface area (TPSA) is 26.3 Å². The van der Waals surface area contributed by atoms with Crippen LogP contribution in [-0.2, 0) is 10.8 Å². The first-order valence-corrected chi connectivity index (χ1v) is 32.2. The molecule has 2 aromatic heterocycles. The van der Waals surface area contributed by atoms with Crippen LogP contribution >= 0.6 is 0 Å². The fraction of sp³-hybridized carbons (Fsp3) is 0.0638. The summed E-state index contributed by atoms with van der Waals surface area (Å²) in [5.41, 5.74) is 19.1. The summed E-state index contributed by atoms with van der Waals surface area (Å²) in [6.07, 6.45) is 0. The number of fused-ring (bicyclic) bond motifs is 16. The van der Waals surface area contributed by atoms with Crippen molar-refractivity contribution in [2.45, 2.75) is 38.5 Å². The molecule has 16 aromatic carbocycles. The van der Waals surface area contributed by atoms with Crippen molar-refractivity contribution in [3.05, 3.63) is 337 Å². The third-order valence-corrected chi connectivity index (χ3v) is 20.2. The third-order valence-electron chi connectivity index (χ3n) is 20.2. The van der Waals surface area contributed by atoms with Crippen molar-refractivity contribution < 1.29 is 30.8 Å². The average Bonchev–Trinajstić information content (AvgIpc) is 0.937. The Morgan fingerprint density at radius 2 is 0.531 bits per heavy atom. The summed E-state index contributed by atoms with van der Waals surface area (Å²) in [4.78, 5) is 0. The molecule has 0 bridgehead atoms. The molecule has 2 heterocycles. The van der Waals surface area contributed by atoms with E-state index in [4.69, 9.17) is 19.8 Å². The maximum absolute atomic E-state index is 9.43. The highest BCUT2D eigenvalue weighted by atomic mass is 16.3. The summed E-state index contributed by atoms with van der Waals surface area (Å²) in [5.74, 6) is 0. The van der Waals surface area contributed by atoms with Gasteiger partial charge in [-0.2, -0.15) is 0 Å². The molecule has 452 valence electrons. The van der Waals surface area contributed by atoms with E-state index >= 15 is 0 Å². The minimum absolute atomic E-state index is 0.179. The van der Waals surface area contributed by atoms with Gasteiger partial charge in [0, 0.05) is 32.4 Å². The maximum Gasteiger partial charge on any atom is 0.135 e. The normalized spacial score (nSPS) is 15.7. The zero-order valence-corrected chi connectivity index (χ0v) is 52.6. The number of rotatable bonds is 6. The Morgan fingerprint density at radius 3 is 0.969 bits per heavy atom. The molecular weight excluding hydrogens is 1160 g/mol. The summed E-state index contributed by atoms with van der Waals surface area (Å²) in [6.45, 7) is 8.92. The summed E-state index contributed by atoms with van der Waals surface area (Å²) < 4.78 is 158. The lowest BCUT2D eigenvalue weighted by atomic mass is 9.78. The highest BCUT2D eigenvalue weighted by molar-refractivity contribution is 6.24. The first-order valence-electron chi connectivity index (χ1n) is 40.2. The van der Waals surface area contributed by atoms with Gasteiger partial charge in [-0.3, -0.25) is 0 Å². The van der Waals surface area contributed by atoms with Crippen molar-refractivity contribution in [2.24, 2.45) is 0 Å². The van der Waals surface area contributed by atoms with Gasteiger partial charge in [-0.15, -0.1) is 0 Å². The van der Waals surface area contributed by atoms with Gasteiger partial charge >= 0.3 is 0 Å². The lowest BCUT2D eigenvalue weighted by Gasteiger charge is -2.25. The molecule has 0 fully saturated rings. The van der Waals surface area contributed by atoms with E-state index in [0.717, 1.165) is 49.4 Å². The van der Waals surface area contributed by atoms with E-state index in [2.05, 4.69) is 107 Å². The fourth-order valence-electron chi connectivity index (χ4n) is 16.0. The van der Waals surface area contributed by atoms with Crippen LogP contribution in [0.4, 0.5) is 0 Å². The van der Waals surface area contributed by atoms with E-state index in [0.29, 0.717) is 66.8 Å². The van der Waals surface area contributed by atoms with E-state index in [1.165, 1.54) is 38.9 Å². The number of furan rings is 2. The van der Waals surface area contributed by atoms with Crippen LogP contribution in [0.25, 0.3) is 176 Å². The van der Waals surface area contributed by atoms with E-state index in [-0.39, 0.29) is 102 Å². The molecule has 0 radical (unpaired) electrons. The maximum atomic E-state index is 9.43. The van der Waals surface area contributed by atoms with Crippen molar-refractivity contribution in [2.75, 3.05) is 0 Å². The lowest BCUT2D eigenvalue weighted by Crippen LogP contribution is -2.16. The predicted molar refractivity (Wildman–Crippen MR) is 405 cm³/mol. The molecule has 0 N–H and O–H groups in total. The van der Waals surface area contributed by atoms with Gasteiger partial charge in [0.05, 0.1) is 21.9 Å². The molecule has 0 saturated heterocycles. The zero-order valence-electron chi connectivity index (χ0n) is 68.6. The van der Waals surface area contributed by atoms with Gasteiger partial charge < -0.3 is 8.83 Å². The lowest BCUT2D eigenvalue weighted by molar-refractivity contribution is 0.662. The van der Waals surface area contributed by atoms with Crippen LogP contribution in [0.1, 0.15) is 71.9 Å². The Hall–Kier alpha value is -11.8. The van der Waals surface area contributed by atoms with Gasteiger partial charge in [0.25, 0.3) is 0 Å². The molecule has 0 aliphatic heterocycles. The molecule has 2 nitrogen and oxygen atoms in total. The summed E-state index contributed by atoms with van der Waals surface area (Å²) in [5, 5.41) is 4.72. The van der Waals surface area contributed by atoms with Crippen LogP contribution < -0.4 is 0 Å². The number of hydrogen-bond donors (Lipinski definition) is 0. The van der Waals surface area contributed by atoms with Crippen LogP contribution in [0, 0.1) is 0 Å². The van der Waals surface area contributed by atoms with Crippen molar-refractivity contribution >= 4 is 87.0 Å². The number of benzene rings is 16. The van der Waals surface area contributed by atoms with Crippen molar-refractivity contribution in [1.82, 2.24) is 0 Å².